The van der Waals surface area contributed by atoms with Gasteiger partial charge in [-0.1, -0.05) is 18.2 Å². The van der Waals surface area contributed by atoms with Crippen molar-refractivity contribution in [3.05, 3.63) is 59.7 Å². The molecule has 2 N–H and O–H groups in total. The quantitative estimate of drug-likeness (QED) is 0.855. The number of halogens is 1. The van der Waals surface area contributed by atoms with E-state index in [9.17, 15) is 9.18 Å². The molecule has 2 heterocycles. The molecule has 0 aliphatic carbocycles. The SMILES string of the molecule is O=C(NCc1ccccc1F)c1cc(NCC2CCCO2)ccn1. The van der Waals surface area contributed by atoms with Crippen LogP contribution < -0.4 is 10.6 Å². The monoisotopic (exact) mass is 329 g/mol. The van der Waals surface area contributed by atoms with Crippen LogP contribution in [0.25, 0.3) is 0 Å². The molecule has 1 aromatic carbocycles. The van der Waals surface area contributed by atoms with Crippen molar-refractivity contribution in [3.63, 3.8) is 0 Å². The summed E-state index contributed by atoms with van der Waals surface area (Å²) in [6.07, 6.45) is 3.94. The summed E-state index contributed by atoms with van der Waals surface area (Å²) in [7, 11) is 0. The second-order valence-electron chi connectivity index (χ2n) is 5.72. The predicted molar refractivity (Wildman–Crippen MR) is 89.3 cm³/mol. The highest BCUT2D eigenvalue weighted by atomic mass is 19.1. The minimum absolute atomic E-state index is 0.126. The fourth-order valence-electron chi connectivity index (χ4n) is 2.61. The zero-order valence-corrected chi connectivity index (χ0v) is 13.3. The fraction of sp³-hybridized carbons (Fsp3) is 0.333. The Morgan fingerprint density at radius 3 is 3.00 bits per heavy atom. The second-order valence-corrected chi connectivity index (χ2v) is 5.72. The van der Waals surface area contributed by atoms with Crippen LogP contribution in [0.3, 0.4) is 0 Å². The Balaban J connectivity index is 1.56. The number of hydrogen-bond donors (Lipinski definition) is 2. The first-order valence-electron chi connectivity index (χ1n) is 8.05. The van der Waals surface area contributed by atoms with E-state index in [0.29, 0.717) is 17.8 Å². The maximum atomic E-state index is 13.6. The highest BCUT2D eigenvalue weighted by Crippen LogP contribution is 2.14. The van der Waals surface area contributed by atoms with Crippen molar-refractivity contribution in [2.24, 2.45) is 0 Å². The van der Waals surface area contributed by atoms with E-state index in [2.05, 4.69) is 15.6 Å². The molecular weight excluding hydrogens is 309 g/mol. The third-order valence-corrected chi connectivity index (χ3v) is 3.95. The van der Waals surface area contributed by atoms with Gasteiger partial charge in [-0.05, 0) is 31.0 Å². The Morgan fingerprint density at radius 1 is 1.33 bits per heavy atom. The van der Waals surface area contributed by atoms with Gasteiger partial charge < -0.3 is 15.4 Å². The van der Waals surface area contributed by atoms with Crippen LogP contribution in [-0.4, -0.2) is 30.1 Å². The Labute approximate surface area is 140 Å². The van der Waals surface area contributed by atoms with E-state index in [4.69, 9.17) is 4.74 Å². The van der Waals surface area contributed by atoms with E-state index in [1.165, 1.54) is 6.07 Å². The van der Waals surface area contributed by atoms with Gasteiger partial charge in [-0.3, -0.25) is 9.78 Å². The fourth-order valence-corrected chi connectivity index (χ4v) is 2.61. The first-order chi connectivity index (χ1) is 11.7. The Hall–Kier alpha value is -2.47. The molecule has 1 aromatic heterocycles. The lowest BCUT2D eigenvalue weighted by Gasteiger charge is -2.12. The van der Waals surface area contributed by atoms with Gasteiger partial charge in [0.25, 0.3) is 5.91 Å². The van der Waals surface area contributed by atoms with Crippen LogP contribution in [0.4, 0.5) is 10.1 Å². The van der Waals surface area contributed by atoms with Gasteiger partial charge in [0.05, 0.1) is 6.10 Å². The molecule has 1 amide bonds. The molecule has 0 spiro atoms. The van der Waals surface area contributed by atoms with Crippen molar-refractivity contribution in [1.29, 1.82) is 0 Å². The van der Waals surface area contributed by atoms with Gasteiger partial charge >= 0.3 is 0 Å². The average Bonchev–Trinajstić information content (AvgIpc) is 3.13. The van der Waals surface area contributed by atoms with E-state index in [0.717, 1.165) is 25.1 Å². The van der Waals surface area contributed by atoms with Crippen molar-refractivity contribution in [1.82, 2.24) is 10.3 Å². The number of nitrogens with zero attached hydrogens (tertiary/aromatic N) is 1. The Kier molecular flexibility index (Phi) is 5.38. The van der Waals surface area contributed by atoms with Gasteiger partial charge in [-0.15, -0.1) is 0 Å². The van der Waals surface area contributed by atoms with Crippen molar-refractivity contribution in [2.45, 2.75) is 25.5 Å². The summed E-state index contributed by atoms with van der Waals surface area (Å²) >= 11 is 0. The minimum Gasteiger partial charge on any atom is -0.382 e. The van der Waals surface area contributed by atoms with Gasteiger partial charge in [0.15, 0.2) is 0 Å². The lowest BCUT2D eigenvalue weighted by atomic mass is 10.2. The van der Waals surface area contributed by atoms with E-state index in [1.54, 1.807) is 30.5 Å². The first kappa shape index (κ1) is 16.4. The third kappa shape index (κ3) is 4.29. The van der Waals surface area contributed by atoms with Crippen LogP contribution in [0.2, 0.25) is 0 Å². The third-order valence-electron chi connectivity index (χ3n) is 3.95. The van der Waals surface area contributed by atoms with Gasteiger partial charge in [-0.2, -0.15) is 0 Å². The van der Waals surface area contributed by atoms with Gasteiger partial charge in [0.2, 0.25) is 0 Å². The number of anilines is 1. The van der Waals surface area contributed by atoms with Crippen molar-refractivity contribution >= 4 is 11.6 Å². The topological polar surface area (TPSA) is 63.2 Å². The molecule has 0 radical (unpaired) electrons. The van der Waals surface area contributed by atoms with Crippen LogP contribution in [0.15, 0.2) is 42.6 Å². The number of benzene rings is 1. The van der Waals surface area contributed by atoms with Crippen LogP contribution in [-0.2, 0) is 11.3 Å². The van der Waals surface area contributed by atoms with Gasteiger partial charge in [-0.25, -0.2) is 4.39 Å². The van der Waals surface area contributed by atoms with Crippen LogP contribution in [0, 0.1) is 5.82 Å². The molecule has 24 heavy (non-hydrogen) atoms. The zero-order valence-electron chi connectivity index (χ0n) is 13.3. The molecule has 3 rings (SSSR count). The number of carbonyl (C=O) groups is 1. The molecule has 2 aromatic rings. The molecule has 1 saturated heterocycles. The number of aromatic nitrogens is 1. The molecular formula is C18H20FN3O2. The highest BCUT2D eigenvalue weighted by Gasteiger charge is 2.15. The summed E-state index contributed by atoms with van der Waals surface area (Å²) in [5.74, 6) is -0.670. The van der Waals surface area contributed by atoms with E-state index >= 15 is 0 Å². The van der Waals surface area contributed by atoms with Crippen molar-refractivity contribution < 1.29 is 13.9 Å². The highest BCUT2D eigenvalue weighted by molar-refractivity contribution is 5.93. The molecule has 1 atom stereocenters. The second kappa shape index (κ2) is 7.88. The number of pyridine rings is 1. The maximum absolute atomic E-state index is 13.6. The number of carbonyl (C=O) groups excluding carboxylic acids is 1. The summed E-state index contributed by atoms with van der Waals surface area (Å²) in [4.78, 5) is 16.3. The number of ether oxygens (including phenoxy) is 1. The molecule has 6 heteroatoms. The molecule has 1 fully saturated rings. The van der Waals surface area contributed by atoms with Gasteiger partial charge in [0.1, 0.15) is 11.5 Å². The molecule has 1 unspecified atom stereocenters. The summed E-state index contributed by atoms with van der Waals surface area (Å²) in [5.41, 5.74) is 1.55. The summed E-state index contributed by atoms with van der Waals surface area (Å²) < 4.78 is 19.1. The lowest BCUT2D eigenvalue weighted by Crippen LogP contribution is -2.24. The number of rotatable bonds is 6. The Morgan fingerprint density at radius 2 is 2.21 bits per heavy atom. The lowest BCUT2D eigenvalue weighted by molar-refractivity contribution is 0.0945. The van der Waals surface area contributed by atoms with E-state index in [1.807, 2.05) is 6.07 Å². The molecule has 0 bridgehead atoms. The standard InChI is InChI=1S/C18H20FN3O2/c19-16-6-2-1-4-13(16)11-22-18(23)17-10-14(7-8-20-17)21-12-15-5-3-9-24-15/h1-2,4,6-8,10,15H,3,5,9,11-12H2,(H,20,21)(H,22,23). The summed E-state index contributed by atoms with van der Waals surface area (Å²) in [6, 6.07) is 9.86. The molecule has 1 aliphatic heterocycles. The van der Waals surface area contributed by atoms with Crippen LogP contribution in [0.5, 0.6) is 0 Å². The first-order valence-corrected chi connectivity index (χ1v) is 8.05. The summed E-state index contributed by atoms with van der Waals surface area (Å²) in [5, 5.41) is 5.95. The minimum atomic E-state index is -0.335. The smallest absolute Gasteiger partial charge is 0.270 e. The average molecular weight is 329 g/mol. The van der Waals surface area contributed by atoms with Crippen molar-refractivity contribution in [3.8, 4) is 0 Å². The predicted octanol–water partition coefficient (Wildman–Crippen LogP) is 2.74. The number of amides is 1. The van der Waals surface area contributed by atoms with Crippen LogP contribution >= 0.6 is 0 Å². The van der Waals surface area contributed by atoms with Crippen LogP contribution in [0.1, 0.15) is 28.9 Å². The molecule has 0 saturated carbocycles. The molecule has 5 nitrogen and oxygen atoms in total. The van der Waals surface area contributed by atoms with E-state index in [-0.39, 0.29) is 24.4 Å². The molecule has 126 valence electrons. The molecule has 1 aliphatic rings. The zero-order chi connectivity index (χ0) is 16.8. The van der Waals surface area contributed by atoms with Crippen molar-refractivity contribution in [2.75, 3.05) is 18.5 Å². The summed E-state index contributed by atoms with van der Waals surface area (Å²) in [6.45, 7) is 1.65. The van der Waals surface area contributed by atoms with Gasteiger partial charge in [0, 0.05) is 37.1 Å². The Bertz CT molecular complexity index is 702. The largest absolute Gasteiger partial charge is 0.382 e. The number of nitrogens with one attached hydrogen (secondary N) is 2. The van der Waals surface area contributed by atoms with E-state index < -0.39 is 0 Å². The number of hydrogen-bond acceptors (Lipinski definition) is 4. The normalized spacial score (nSPS) is 16.8. The maximum Gasteiger partial charge on any atom is 0.270 e.